The first-order valence-electron chi connectivity index (χ1n) is 5.07. The standard InChI is InChI=1S/C12H10O5/c13-9-6-17-12(11(15)10(9)14)8-4-2-1-3-7(8)5-16-12/h1-4,6,13-15H,5H2. The molecule has 0 bridgehead atoms. The van der Waals surface area contributed by atoms with Crippen molar-refractivity contribution >= 4 is 0 Å². The minimum atomic E-state index is -1.53. The number of aliphatic hydroxyl groups excluding tert-OH is 3. The maximum Gasteiger partial charge on any atom is 0.300 e. The topological polar surface area (TPSA) is 79.2 Å². The fourth-order valence-corrected chi connectivity index (χ4v) is 2.05. The third-order valence-corrected chi connectivity index (χ3v) is 2.92. The molecule has 3 rings (SSSR count). The van der Waals surface area contributed by atoms with Crippen molar-refractivity contribution in [1.82, 2.24) is 0 Å². The Bertz CT molecular complexity index is 546. The van der Waals surface area contributed by atoms with Crippen LogP contribution < -0.4 is 0 Å². The summed E-state index contributed by atoms with van der Waals surface area (Å²) < 4.78 is 10.7. The second kappa shape index (κ2) is 3.18. The van der Waals surface area contributed by atoms with Crippen LogP contribution in [0, 0.1) is 0 Å². The molecule has 0 amide bonds. The molecular weight excluding hydrogens is 224 g/mol. The molecule has 17 heavy (non-hydrogen) atoms. The molecule has 5 heteroatoms. The molecule has 1 aromatic carbocycles. The molecule has 0 aliphatic carbocycles. The molecule has 1 aromatic rings. The lowest BCUT2D eigenvalue weighted by Gasteiger charge is -2.30. The predicted molar refractivity (Wildman–Crippen MR) is 57.0 cm³/mol. The molecule has 3 N–H and O–H groups in total. The predicted octanol–water partition coefficient (Wildman–Crippen LogP) is 2.13. The van der Waals surface area contributed by atoms with Crippen LogP contribution in [0.3, 0.4) is 0 Å². The number of benzene rings is 1. The molecule has 88 valence electrons. The lowest BCUT2D eigenvalue weighted by atomic mass is 9.99. The van der Waals surface area contributed by atoms with Gasteiger partial charge in [-0.1, -0.05) is 24.3 Å². The van der Waals surface area contributed by atoms with Gasteiger partial charge in [0.25, 0.3) is 0 Å². The average molecular weight is 234 g/mol. The quantitative estimate of drug-likeness (QED) is 0.640. The van der Waals surface area contributed by atoms with Crippen LogP contribution in [0.5, 0.6) is 0 Å². The number of hydrogen-bond donors (Lipinski definition) is 3. The van der Waals surface area contributed by atoms with E-state index in [2.05, 4.69) is 0 Å². The van der Waals surface area contributed by atoms with Gasteiger partial charge in [0.15, 0.2) is 5.76 Å². The zero-order valence-corrected chi connectivity index (χ0v) is 8.75. The van der Waals surface area contributed by atoms with Crippen molar-refractivity contribution in [3.8, 4) is 0 Å². The summed E-state index contributed by atoms with van der Waals surface area (Å²) in [6.07, 6.45) is 0.956. The highest BCUT2D eigenvalue weighted by Gasteiger charge is 2.50. The van der Waals surface area contributed by atoms with Crippen LogP contribution in [0.25, 0.3) is 0 Å². The average Bonchev–Trinajstić information content (AvgIpc) is 2.73. The van der Waals surface area contributed by atoms with E-state index in [9.17, 15) is 15.3 Å². The molecular formula is C12H10O5. The Hall–Kier alpha value is -2.14. The van der Waals surface area contributed by atoms with E-state index in [4.69, 9.17) is 9.47 Å². The Morgan fingerprint density at radius 2 is 1.88 bits per heavy atom. The van der Waals surface area contributed by atoms with Crippen LogP contribution in [0.1, 0.15) is 11.1 Å². The number of ether oxygens (including phenoxy) is 2. The summed E-state index contributed by atoms with van der Waals surface area (Å²) in [5, 5.41) is 28.7. The van der Waals surface area contributed by atoms with Gasteiger partial charge in [0.05, 0.1) is 6.61 Å². The minimum Gasteiger partial charge on any atom is -0.503 e. The lowest BCUT2D eigenvalue weighted by molar-refractivity contribution is -0.206. The second-order valence-electron chi connectivity index (χ2n) is 3.88. The molecule has 2 heterocycles. The SMILES string of the molecule is OC1=COC2(OCc3ccccc32)C(O)=C1O. The molecule has 0 radical (unpaired) electrons. The highest BCUT2D eigenvalue weighted by molar-refractivity contribution is 5.42. The van der Waals surface area contributed by atoms with Gasteiger partial charge in [0, 0.05) is 5.56 Å². The summed E-state index contributed by atoms with van der Waals surface area (Å²) >= 11 is 0. The van der Waals surface area contributed by atoms with E-state index < -0.39 is 23.1 Å². The summed E-state index contributed by atoms with van der Waals surface area (Å²) in [5.74, 6) is -3.23. The Kier molecular flexibility index (Phi) is 1.88. The Morgan fingerprint density at radius 3 is 2.71 bits per heavy atom. The number of rotatable bonds is 0. The molecule has 1 unspecified atom stereocenters. The van der Waals surface area contributed by atoms with Crippen molar-refractivity contribution in [2.75, 3.05) is 0 Å². The van der Waals surface area contributed by atoms with Crippen molar-refractivity contribution in [2.24, 2.45) is 0 Å². The molecule has 1 atom stereocenters. The molecule has 2 aliphatic rings. The van der Waals surface area contributed by atoms with Crippen LogP contribution in [0.2, 0.25) is 0 Å². The van der Waals surface area contributed by atoms with Crippen LogP contribution >= 0.6 is 0 Å². The summed E-state index contributed by atoms with van der Waals surface area (Å²) in [4.78, 5) is 0. The third kappa shape index (κ3) is 1.17. The molecule has 2 aliphatic heterocycles. The van der Waals surface area contributed by atoms with Gasteiger partial charge in [0.2, 0.25) is 11.5 Å². The van der Waals surface area contributed by atoms with Crippen LogP contribution in [0.4, 0.5) is 0 Å². The van der Waals surface area contributed by atoms with E-state index in [0.717, 1.165) is 11.8 Å². The number of aliphatic hydroxyl groups is 3. The van der Waals surface area contributed by atoms with Gasteiger partial charge in [0.1, 0.15) is 6.26 Å². The van der Waals surface area contributed by atoms with E-state index in [1.807, 2.05) is 12.1 Å². The first-order valence-corrected chi connectivity index (χ1v) is 5.07. The van der Waals surface area contributed by atoms with Crippen molar-refractivity contribution in [3.05, 3.63) is 58.9 Å². The molecule has 0 saturated heterocycles. The number of fused-ring (bicyclic) bond motifs is 2. The Morgan fingerprint density at radius 1 is 1.12 bits per heavy atom. The summed E-state index contributed by atoms with van der Waals surface area (Å²) in [6, 6.07) is 7.21. The van der Waals surface area contributed by atoms with E-state index >= 15 is 0 Å². The second-order valence-corrected chi connectivity index (χ2v) is 3.88. The van der Waals surface area contributed by atoms with Gasteiger partial charge < -0.3 is 24.8 Å². The normalized spacial score (nSPS) is 26.7. The Balaban J connectivity index is 2.18. The molecule has 5 nitrogen and oxygen atoms in total. The molecule has 0 fully saturated rings. The maximum atomic E-state index is 9.92. The third-order valence-electron chi connectivity index (χ3n) is 2.92. The first kappa shape index (κ1) is 10.0. The fraction of sp³-hybridized carbons (Fsp3) is 0.167. The smallest absolute Gasteiger partial charge is 0.300 e. The van der Waals surface area contributed by atoms with E-state index in [1.54, 1.807) is 12.1 Å². The highest BCUT2D eigenvalue weighted by Crippen LogP contribution is 2.45. The summed E-state index contributed by atoms with van der Waals surface area (Å²) in [7, 11) is 0. The van der Waals surface area contributed by atoms with Gasteiger partial charge in [-0.25, -0.2) is 0 Å². The van der Waals surface area contributed by atoms with Gasteiger partial charge in [-0.15, -0.1) is 0 Å². The zero-order valence-electron chi connectivity index (χ0n) is 8.75. The van der Waals surface area contributed by atoms with Gasteiger partial charge in [-0.2, -0.15) is 0 Å². The highest BCUT2D eigenvalue weighted by atomic mass is 16.7. The Labute approximate surface area is 96.8 Å². The van der Waals surface area contributed by atoms with Crippen LogP contribution in [0.15, 0.2) is 47.8 Å². The van der Waals surface area contributed by atoms with Crippen molar-refractivity contribution in [1.29, 1.82) is 0 Å². The number of hydrogen-bond acceptors (Lipinski definition) is 5. The monoisotopic (exact) mass is 234 g/mol. The lowest BCUT2D eigenvalue weighted by Crippen LogP contribution is -2.33. The van der Waals surface area contributed by atoms with Gasteiger partial charge in [-0.05, 0) is 5.56 Å². The van der Waals surface area contributed by atoms with Crippen molar-refractivity contribution in [3.63, 3.8) is 0 Å². The van der Waals surface area contributed by atoms with Crippen molar-refractivity contribution in [2.45, 2.75) is 12.4 Å². The molecule has 0 saturated carbocycles. The van der Waals surface area contributed by atoms with Crippen molar-refractivity contribution < 1.29 is 24.8 Å². The first-order chi connectivity index (χ1) is 8.15. The van der Waals surface area contributed by atoms with Crippen LogP contribution in [-0.2, 0) is 21.9 Å². The maximum absolute atomic E-state index is 9.92. The molecule has 1 spiro atoms. The van der Waals surface area contributed by atoms with Crippen LogP contribution in [-0.4, -0.2) is 15.3 Å². The van der Waals surface area contributed by atoms with Gasteiger partial charge in [-0.3, -0.25) is 0 Å². The molecule has 0 aromatic heterocycles. The summed E-state index contributed by atoms with van der Waals surface area (Å²) in [6.45, 7) is 0.266. The van der Waals surface area contributed by atoms with E-state index in [1.165, 1.54) is 0 Å². The van der Waals surface area contributed by atoms with E-state index in [0.29, 0.717) is 5.56 Å². The fourth-order valence-electron chi connectivity index (χ4n) is 2.05. The van der Waals surface area contributed by atoms with Gasteiger partial charge >= 0.3 is 5.79 Å². The zero-order chi connectivity index (χ0) is 12.0. The minimum absolute atomic E-state index is 0.266. The van der Waals surface area contributed by atoms with E-state index in [-0.39, 0.29) is 6.61 Å². The summed E-state index contributed by atoms with van der Waals surface area (Å²) in [5.41, 5.74) is 1.48. The largest absolute Gasteiger partial charge is 0.503 e.